The molecule has 4 nitrogen and oxygen atoms in total. The van der Waals surface area contributed by atoms with Gasteiger partial charge in [-0.25, -0.2) is 0 Å². The fourth-order valence-corrected chi connectivity index (χ4v) is 4.45. The normalized spacial score (nSPS) is 13.1. The molecule has 0 saturated heterocycles. The van der Waals surface area contributed by atoms with Crippen molar-refractivity contribution in [3.8, 4) is 0 Å². The second-order valence-electron chi connectivity index (χ2n) is 9.62. The summed E-state index contributed by atoms with van der Waals surface area (Å²) < 4.78 is 2.12. The molecule has 0 aliphatic carbocycles. The number of carbonyl (C=O) groups is 1. The molecule has 170 valence electrons. The van der Waals surface area contributed by atoms with E-state index in [1.54, 1.807) is 6.08 Å². The zero-order valence-corrected chi connectivity index (χ0v) is 19.8. The lowest BCUT2D eigenvalue weighted by molar-refractivity contribution is -0.909. The Morgan fingerprint density at radius 3 is 2.22 bits per heavy atom. The number of hydrogen-bond acceptors (Lipinski definition) is 2. The minimum Gasteiger partial charge on any atom is -0.385 e. The Morgan fingerprint density at radius 1 is 0.938 bits per heavy atom. The van der Waals surface area contributed by atoms with Gasteiger partial charge in [0, 0.05) is 40.1 Å². The molecule has 0 saturated carbocycles. The highest BCUT2D eigenvalue weighted by molar-refractivity contribution is 6.07. The Hall–Kier alpha value is -2.69. The largest absolute Gasteiger partial charge is 0.385 e. The summed E-state index contributed by atoms with van der Waals surface area (Å²) in [4.78, 5) is 14.0. The number of carbonyl (C=O) groups excluding carboxylic acids is 1. The van der Waals surface area contributed by atoms with Crippen LogP contribution in [0.15, 0.2) is 66.9 Å². The third-order valence-corrected chi connectivity index (χ3v) is 5.62. The second kappa shape index (κ2) is 11.3. The Morgan fingerprint density at radius 2 is 1.56 bits per heavy atom. The van der Waals surface area contributed by atoms with Crippen LogP contribution in [0.5, 0.6) is 0 Å². The summed E-state index contributed by atoms with van der Waals surface area (Å²) in [5.41, 5.74) is 2.75. The van der Waals surface area contributed by atoms with Crippen molar-refractivity contribution in [3.63, 3.8) is 0 Å². The molecule has 1 heterocycles. The predicted molar refractivity (Wildman–Crippen MR) is 133 cm³/mol. The maximum Gasteiger partial charge on any atom is 0.185 e. The van der Waals surface area contributed by atoms with Crippen molar-refractivity contribution in [2.24, 2.45) is 11.8 Å². The van der Waals surface area contributed by atoms with Gasteiger partial charge in [0.05, 0.1) is 19.6 Å². The molecule has 0 aliphatic heterocycles. The molecule has 3 aromatic rings. The van der Waals surface area contributed by atoms with E-state index in [9.17, 15) is 9.90 Å². The van der Waals surface area contributed by atoms with Gasteiger partial charge in [-0.1, -0.05) is 76.2 Å². The summed E-state index contributed by atoms with van der Waals surface area (Å²) in [5.74, 6) is 1.19. The number of hydrogen-bond donors (Lipinski definition) is 2. The van der Waals surface area contributed by atoms with Gasteiger partial charge in [0.25, 0.3) is 0 Å². The quantitative estimate of drug-likeness (QED) is 0.353. The topological polar surface area (TPSA) is 46.7 Å². The van der Waals surface area contributed by atoms with Crippen LogP contribution in [0, 0.1) is 11.8 Å². The summed E-state index contributed by atoms with van der Waals surface area (Å²) in [5, 5.41) is 12.0. The zero-order valence-electron chi connectivity index (χ0n) is 19.8. The van der Waals surface area contributed by atoms with Crippen molar-refractivity contribution in [1.29, 1.82) is 0 Å². The second-order valence-corrected chi connectivity index (χ2v) is 9.62. The van der Waals surface area contributed by atoms with Crippen LogP contribution in [0.4, 0.5) is 0 Å². The number of nitrogens with zero attached hydrogens (tertiary/aromatic N) is 1. The number of ketones is 1. The fourth-order valence-electron chi connectivity index (χ4n) is 4.45. The van der Waals surface area contributed by atoms with Gasteiger partial charge in [0.1, 0.15) is 12.6 Å². The fraction of sp³-hybridized carbons (Fsp3) is 0.393. The van der Waals surface area contributed by atoms with Gasteiger partial charge in [-0.3, -0.25) is 4.79 Å². The first-order valence-electron chi connectivity index (χ1n) is 11.7. The number of allylic oxidation sites excluding steroid dienone is 1. The van der Waals surface area contributed by atoms with E-state index in [2.05, 4.69) is 44.4 Å². The summed E-state index contributed by atoms with van der Waals surface area (Å²) in [6.07, 6.45) is 5.14. The summed E-state index contributed by atoms with van der Waals surface area (Å²) in [7, 11) is 0. The molecule has 1 atom stereocenters. The number of benzene rings is 2. The van der Waals surface area contributed by atoms with Crippen LogP contribution in [0.2, 0.25) is 0 Å². The van der Waals surface area contributed by atoms with Crippen LogP contribution in [0.25, 0.3) is 17.0 Å². The summed E-state index contributed by atoms with van der Waals surface area (Å²) >= 11 is 0. The zero-order chi connectivity index (χ0) is 23.1. The number of quaternary nitrogens is 1. The van der Waals surface area contributed by atoms with Gasteiger partial charge < -0.3 is 14.6 Å². The molecular formula is C28H37N2O2+. The Balaban J connectivity index is 1.77. The molecule has 2 aromatic carbocycles. The lowest BCUT2D eigenvalue weighted by atomic mass is 10.1. The van der Waals surface area contributed by atoms with Gasteiger partial charge in [-0.15, -0.1) is 0 Å². The van der Waals surface area contributed by atoms with E-state index in [0.717, 1.165) is 36.1 Å². The third kappa shape index (κ3) is 6.65. The Labute approximate surface area is 192 Å². The van der Waals surface area contributed by atoms with Crippen LogP contribution in [-0.4, -0.2) is 41.2 Å². The smallest absolute Gasteiger partial charge is 0.185 e. The number of aliphatic hydroxyl groups excluding tert-OH is 1. The molecule has 1 aromatic heterocycles. The van der Waals surface area contributed by atoms with Crippen LogP contribution in [0.3, 0.4) is 0 Å². The highest BCUT2D eigenvalue weighted by atomic mass is 16.3. The number of nitrogens with one attached hydrogen (secondary N) is 1. The number of aliphatic hydroxyl groups is 1. The van der Waals surface area contributed by atoms with E-state index < -0.39 is 6.10 Å². The summed E-state index contributed by atoms with van der Waals surface area (Å²) in [6, 6.07) is 17.5. The van der Waals surface area contributed by atoms with E-state index >= 15 is 0 Å². The maximum atomic E-state index is 12.5. The Bertz CT molecular complexity index is 1020. The average molecular weight is 434 g/mol. The first-order valence-corrected chi connectivity index (χ1v) is 11.7. The molecule has 4 heteroatoms. The molecule has 0 aliphatic rings. The summed E-state index contributed by atoms with van der Waals surface area (Å²) in [6.45, 7) is 12.4. The number of aromatic nitrogens is 1. The van der Waals surface area contributed by atoms with Crippen molar-refractivity contribution in [2.75, 3.05) is 19.6 Å². The van der Waals surface area contributed by atoms with E-state index in [1.807, 2.05) is 54.7 Å². The van der Waals surface area contributed by atoms with Crippen molar-refractivity contribution < 1.29 is 14.8 Å². The van der Waals surface area contributed by atoms with Gasteiger partial charge in [-0.2, -0.15) is 0 Å². The molecule has 0 unspecified atom stereocenters. The minimum absolute atomic E-state index is 0.0101. The van der Waals surface area contributed by atoms with Gasteiger partial charge in [-0.05, 0) is 18.2 Å². The highest BCUT2D eigenvalue weighted by Crippen LogP contribution is 2.23. The van der Waals surface area contributed by atoms with Crippen molar-refractivity contribution in [2.45, 2.75) is 40.3 Å². The molecule has 2 N–H and O–H groups in total. The number of rotatable bonds is 11. The lowest BCUT2D eigenvalue weighted by Crippen LogP contribution is -3.14. The van der Waals surface area contributed by atoms with E-state index in [1.165, 1.54) is 4.90 Å². The predicted octanol–water partition coefficient (Wildman–Crippen LogP) is 4.10. The maximum absolute atomic E-state index is 12.5. The van der Waals surface area contributed by atoms with Gasteiger partial charge in [0.15, 0.2) is 5.78 Å². The molecular weight excluding hydrogens is 396 g/mol. The van der Waals surface area contributed by atoms with Crippen LogP contribution in [-0.2, 0) is 6.54 Å². The standard InChI is InChI=1S/C28H36N2O2/c1-21(2)16-29(17-22(3)4)19-25(31)20-30-18-24(26-12-8-9-13-27(26)30)14-15-28(32)23-10-6-5-7-11-23/h5-15,18,21-22,25,31H,16-17,19-20H2,1-4H3/p+1/b15-14+/t25-/m0/s1. The van der Waals surface area contributed by atoms with Gasteiger partial charge in [0.2, 0.25) is 0 Å². The van der Waals surface area contributed by atoms with Crippen LogP contribution in [0.1, 0.15) is 43.6 Å². The molecule has 0 amide bonds. The van der Waals surface area contributed by atoms with Crippen molar-refractivity contribution in [3.05, 3.63) is 78.0 Å². The molecule has 0 radical (unpaired) electrons. The van der Waals surface area contributed by atoms with Crippen molar-refractivity contribution >= 4 is 22.8 Å². The molecule has 0 fully saturated rings. The van der Waals surface area contributed by atoms with E-state index in [4.69, 9.17) is 0 Å². The van der Waals surface area contributed by atoms with E-state index in [-0.39, 0.29) is 5.78 Å². The highest BCUT2D eigenvalue weighted by Gasteiger charge is 2.19. The first-order chi connectivity index (χ1) is 15.3. The first kappa shape index (κ1) is 24.0. The average Bonchev–Trinajstić information content (AvgIpc) is 3.09. The minimum atomic E-state index is -0.430. The molecule has 32 heavy (non-hydrogen) atoms. The lowest BCUT2D eigenvalue weighted by Gasteiger charge is -2.25. The monoisotopic (exact) mass is 433 g/mol. The van der Waals surface area contributed by atoms with E-state index in [0.29, 0.717) is 23.9 Å². The third-order valence-electron chi connectivity index (χ3n) is 5.62. The molecule has 0 spiro atoms. The van der Waals surface area contributed by atoms with Gasteiger partial charge >= 0.3 is 0 Å². The van der Waals surface area contributed by atoms with Crippen LogP contribution >= 0.6 is 0 Å². The SMILES string of the molecule is CC(C)C[NH+](CC(C)C)C[C@H](O)Cn1cc(/C=C/C(=O)c2ccccc2)c2ccccc21. The number of para-hydroxylation sites is 1. The Kier molecular flexibility index (Phi) is 8.43. The van der Waals surface area contributed by atoms with Crippen LogP contribution < -0.4 is 4.90 Å². The molecule has 0 bridgehead atoms. The number of fused-ring (bicyclic) bond motifs is 1. The van der Waals surface area contributed by atoms with Crippen molar-refractivity contribution in [1.82, 2.24) is 4.57 Å². The molecule has 3 rings (SSSR count).